The number of nitrogens with one attached hydrogen (secondary N) is 2. The van der Waals surface area contributed by atoms with Crippen molar-refractivity contribution in [3.05, 3.63) is 11.6 Å². The molecule has 2 N–H and O–H groups in total. The molecule has 1 saturated carbocycles. The molecule has 1 aliphatic carbocycles. The van der Waals surface area contributed by atoms with E-state index in [1.807, 2.05) is 0 Å². The van der Waals surface area contributed by atoms with Crippen LogP contribution in [0.1, 0.15) is 50.7 Å². The molecular weight excluding hydrogens is 252 g/mol. The molecule has 20 heavy (non-hydrogen) atoms. The molecule has 6 nitrogen and oxygen atoms in total. The SMILES string of the molecule is CCNC(=NCc1nnc2n1CCC2)NC1CCCC1. The molecule has 0 amide bonds. The lowest BCUT2D eigenvalue weighted by Gasteiger charge is -2.16. The zero-order valence-corrected chi connectivity index (χ0v) is 12.2. The van der Waals surface area contributed by atoms with Crippen LogP contribution >= 0.6 is 0 Å². The van der Waals surface area contributed by atoms with Gasteiger partial charge < -0.3 is 15.2 Å². The Balaban J connectivity index is 1.63. The van der Waals surface area contributed by atoms with E-state index in [0.717, 1.165) is 37.1 Å². The van der Waals surface area contributed by atoms with Crippen LogP contribution in [0.15, 0.2) is 4.99 Å². The minimum Gasteiger partial charge on any atom is -0.357 e. The molecule has 0 radical (unpaired) electrons. The van der Waals surface area contributed by atoms with Gasteiger partial charge in [0.2, 0.25) is 0 Å². The van der Waals surface area contributed by atoms with Gasteiger partial charge in [0.05, 0.1) is 0 Å². The molecule has 3 rings (SSSR count). The summed E-state index contributed by atoms with van der Waals surface area (Å²) in [7, 11) is 0. The molecule has 1 fully saturated rings. The molecule has 0 atom stereocenters. The van der Waals surface area contributed by atoms with Gasteiger partial charge in [-0.15, -0.1) is 10.2 Å². The van der Waals surface area contributed by atoms with Crippen molar-refractivity contribution in [2.45, 2.75) is 64.6 Å². The highest BCUT2D eigenvalue weighted by Gasteiger charge is 2.18. The van der Waals surface area contributed by atoms with E-state index in [1.54, 1.807) is 0 Å². The summed E-state index contributed by atoms with van der Waals surface area (Å²) in [5.41, 5.74) is 0. The first-order valence-corrected chi connectivity index (χ1v) is 7.82. The molecular formula is C14H24N6. The standard InChI is InChI=1S/C14H24N6/c1-2-15-14(17-11-6-3-4-7-11)16-10-13-19-18-12-8-5-9-20(12)13/h11H,2-10H2,1H3,(H2,15,16,17). The summed E-state index contributed by atoms with van der Waals surface area (Å²) >= 11 is 0. The third-order valence-corrected chi connectivity index (χ3v) is 4.10. The van der Waals surface area contributed by atoms with Gasteiger partial charge in [0.1, 0.15) is 12.4 Å². The van der Waals surface area contributed by atoms with Gasteiger partial charge in [0.15, 0.2) is 11.8 Å². The van der Waals surface area contributed by atoms with E-state index in [0.29, 0.717) is 12.6 Å². The molecule has 2 aliphatic rings. The Morgan fingerprint density at radius 1 is 1.30 bits per heavy atom. The number of nitrogens with zero attached hydrogens (tertiary/aromatic N) is 4. The van der Waals surface area contributed by atoms with E-state index >= 15 is 0 Å². The number of guanidine groups is 1. The monoisotopic (exact) mass is 276 g/mol. The molecule has 1 aliphatic heterocycles. The summed E-state index contributed by atoms with van der Waals surface area (Å²) in [6, 6.07) is 0.580. The van der Waals surface area contributed by atoms with Crippen LogP contribution in [0.4, 0.5) is 0 Å². The van der Waals surface area contributed by atoms with Crippen molar-refractivity contribution in [2.24, 2.45) is 4.99 Å². The van der Waals surface area contributed by atoms with Crippen LogP contribution in [0, 0.1) is 0 Å². The molecule has 0 aromatic carbocycles. The van der Waals surface area contributed by atoms with Gasteiger partial charge in [0, 0.05) is 25.6 Å². The largest absolute Gasteiger partial charge is 0.357 e. The Hall–Kier alpha value is -1.59. The normalized spacial score (nSPS) is 19.4. The maximum Gasteiger partial charge on any atom is 0.191 e. The Labute approximate surface area is 120 Å². The van der Waals surface area contributed by atoms with Gasteiger partial charge in [-0.3, -0.25) is 0 Å². The fourth-order valence-electron chi connectivity index (χ4n) is 3.06. The van der Waals surface area contributed by atoms with E-state index in [2.05, 4.69) is 37.3 Å². The van der Waals surface area contributed by atoms with Crippen molar-refractivity contribution in [3.8, 4) is 0 Å². The van der Waals surface area contributed by atoms with Crippen molar-refractivity contribution in [3.63, 3.8) is 0 Å². The van der Waals surface area contributed by atoms with Crippen LogP contribution < -0.4 is 10.6 Å². The summed E-state index contributed by atoms with van der Waals surface area (Å²) in [4.78, 5) is 4.67. The molecule has 2 heterocycles. The third-order valence-electron chi connectivity index (χ3n) is 4.10. The summed E-state index contributed by atoms with van der Waals surface area (Å²) in [6.45, 7) is 4.63. The minimum atomic E-state index is 0.580. The molecule has 110 valence electrons. The number of fused-ring (bicyclic) bond motifs is 1. The Kier molecular flexibility index (Phi) is 4.18. The topological polar surface area (TPSA) is 67.1 Å². The van der Waals surface area contributed by atoms with E-state index in [1.165, 1.54) is 32.1 Å². The maximum atomic E-state index is 4.67. The van der Waals surface area contributed by atoms with Crippen LogP contribution in [-0.4, -0.2) is 33.3 Å². The quantitative estimate of drug-likeness (QED) is 0.641. The minimum absolute atomic E-state index is 0.580. The van der Waals surface area contributed by atoms with E-state index in [-0.39, 0.29) is 0 Å². The first-order valence-electron chi connectivity index (χ1n) is 7.82. The zero-order valence-electron chi connectivity index (χ0n) is 12.2. The molecule has 6 heteroatoms. The molecule has 0 bridgehead atoms. The van der Waals surface area contributed by atoms with Crippen LogP contribution in [0.3, 0.4) is 0 Å². The number of rotatable bonds is 4. The van der Waals surface area contributed by atoms with Crippen LogP contribution in [0.25, 0.3) is 0 Å². The number of aryl methyl sites for hydroxylation is 1. The average molecular weight is 276 g/mol. The summed E-state index contributed by atoms with van der Waals surface area (Å²) in [5.74, 6) is 3.01. The average Bonchev–Trinajstić information content (AvgIpc) is 3.14. The molecule has 0 saturated heterocycles. The predicted molar refractivity (Wildman–Crippen MR) is 78.6 cm³/mol. The highest BCUT2D eigenvalue weighted by atomic mass is 15.3. The van der Waals surface area contributed by atoms with Gasteiger partial charge in [-0.1, -0.05) is 12.8 Å². The van der Waals surface area contributed by atoms with E-state index in [9.17, 15) is 0 Å². The van der Waals surface area contributed by atoms with Gasteiger partial charge in [-0.2, -0.15) is 0 Å². The second-order valence-corrected chi connectivity index (χ2v) is 5.61. The fraction of sp³-hybridized carbons (Fsp3) is 0.786. The van der Waals surface area contributed by atoms with Gasteiger partial charge >= 0.3 is 0 Å². The van der Waals surface area contributed by atoms with E-state index in [4.69, 9.17) is 0 Å². The lowest BCUT2D eigenvalue weighted by atomic mass is 10.2. The van der Waals surface area contributed by atoms with Gasteiger partial charge in [-0.05, 0) is 26.2 Å². The second-order valence-electron chi connectivity index (χ2n) is 5.61. The number of hydrogen-bond donors (Lipinski definition) is 2. The predicted octanol–water partition coefficient (Wildman–Crippen LogP) is 1.22. The van der Waals surface area contributed by atoms with Crippen LogP contribution in [-0.2, 0) is 19.5 Å². The first-order chi connectivity index (χ1) is 9.86. The Morgan fingerprint density at radius 2 is 2.15 bits per heavy atom. The van der Waals surface area contributed by atoms with Crippen molar-refractivity contribution in [2.75, 3.05) is 6.54 Å². The lowest BCUT2D eigenvalue weighted by Crippen LogP contribution is -2.42. The van der Waals surface area contributed by atoms with Crippen LogP contribution in [0.5, 0.6) is 0 Å². The van der Waals surface area contributed by atoms with Crippen molar-refractivity contribution in [1.82, 2.24) is 25.4 Å². The maximum absolute atomic E-state index is 4.67. The highest BCUT2D eigenvalue weighted by Crippen LogP contribution is 2.17. The molecule has 0 spiro atoms. The smallest absolute Gasteiger partial charge is 0.191 e. The van der Waals surface area contributed by atoms with Gasteiger partial charge in [-0.25, -0.2) is 4.99 Å². The summed E-state index contributed by atoms with van der Waals surface area (Å²) in [5, 5.41) is 15.3. The summed E-state index contributed by atoms with van der Waals surface area (Å²) < 4.78 is 2.21. The van der Waals surface area contributed by atoms with E-state index < -0.39 is 0 Å². The number of hydrogen-bond acceptors (Lipinski definition) is 3. The second kappa shape index (κ2) is 6.24. The molecule has 0 unspecified atom stereocenters. The Bertz CT molecular complexity index is 472. The molecule has 1 aromatic heterocycles. The third kappa shape index (κ3) is 2.94. The van der Waals surface area contributed by atoms with Crippen molar-refractivity contribution >= 4 is 5.96 Å². The van der Waals surface area contributed by atoms with Crippen molar-refractivity contribution < 1.29 is 0 Å². The number of aliphatic imine (C=N–C) groups is 1. The van der Waals surface area contributed by atoms with Gasteiger partial charge in [0.25, 0.3) is 0 Å². The van der Waals surface area contributed by atoms with Crippen molar-refractivity contribution in [1.29, 1.82) is 0 Å². The zero-order chi connectivity index (χ0) is 13.8. The Morgan fingerprint density at radius 3 is 2.95 bits per heavy atom. The number of aromatic nitrogens is 3. The highest BCUT2D eigenvalue weighted by molar-refractivity contribution is 5.80. The lowest BCUT2D eigenvalue weighted by molar-refractivity contribution is 0.611. The summed E-state index contributed by atoms with van der Waals surface area (Å²) in [6.07, 6.45) is 7.40. The fourth-order valence-corrected chi connectivity index (χ4v) is 3.06. The molecule has 1 aromatic rings. The first kappa shape index (κ1) is 13.4. The van der Waals surface area contributed by atoms with Crippen LogP contribution in [0.2, 0.25) is 0 Å².